The third-order valence-electron chi connectivity index (χ3n) is 2.98. The Morgan fingerprint density at radius 3 is 3.00 bits per heavy atom. The summed E-state index contributed by atoms with van der Waals surface area (Å²) >= 11 is 0. The Morgan fingerprint density at radius 1 is 1.47 bits per heavy atom. The molecule has 0 saturated carbocycles. The molecule has 0 radical (unpaired) electrons. The highest BCUT2D eigenvalue weighted by atomic mass is 16.5. The normalized spacial score (nSPS) is 18.2. The van der Waals surface area contributed by atoms with E-state index >= 15 is 0 Å². The van der Waals surface area contributed by atoms with E-state index in [1.54, 1.807) is 7.11 Å². The van der Waals surface area contributed by atoms with Gasteiger partial charge in [-0.15, -0.1) is 0 Å². The molecule has 2 rings (SSSR count). The standard InChI is InChI=1S/C14H21NO2/c1-10(2)15-13-9-17-14-5-4-11(6-7-16-3)8-12(13)14/h4-5,8,10,13,15H,6-7,9H2,1-3H3. The average Bonchev–Trinajstić information content (AvgIpc) is 2.69. The molecule has 1 aliphatic rings. The summed E-state index contributed by atoms with van der Waals surface area (Å²) < 4.78 is 10.8. The number of benzene rings is 1. The van der Waals surface area contributed by atoms with Crippen LogP contribution in [0.3, 0.4) is 0 Å². The highest BCUT2D eigenvalue weighted by Gasteiger charge is 2.24. The summed E-state index contributed by atoms with van der Waals surface area (Å²) in [5, 5.41) is 3.52. The van der Waals surface area contributed by atoms with Gasteiger partial charge in [-0.05, 0) is 18.1 Å². The molecule has 3 nitrogen and oxygen atoms in total. The maximum absolute atomic E-state index is 5.68. The molecule has 94 valence electrons. The number of ether oxygens (including phenoxy) is 2. The molecule has 1 aliphatic heterocycles. The Morgan fingerprint density at radius 2 is 2.29 bits per heavy atom. The van der Waals surface area contributed by atoms with Crippen LogP contribution >= 0.6 is 0 Å². The fourth-order valence-electron chi connectivity index (χ4n) is 2.18. The van der Waals surface area contributed by atoms with E-state index in [2.05, 4.69) is 37.4 Å². The van der Waals surface area contributed by atoms with E-state index in [0.29, 0.717) is 12.1 Å². The number of rotatable bonds is 5. The molecule has 0 spiro atoms. The van der Waals surface area contributed by atoms with E-state index in [0.717, 1.165) is 25.4 Å². The summed E-state index contributed by atoms with van der Waals surface area (Å²) in [5.41, 5.74) is 2.60. The third-order valence-corrected chi connectivity index (χ3v) is 2.98. The minimum atomic E-state index is 0.326. The second-order valence-corrected chi connectivity index (χ2v) is 4.80. The Kier molecular flexibility index (Phi) is 4.02. The van der Waals surface area contributed by atoms with Crippen LogP contribution < -0.4 is 10.1 Å². The Hall–Kier alpha value is -1.06. The van der Waals surface area contributed by atoms with E-state index in [4.69, 9.17) is 9.47 Å². The smallest absolute Gasteiger partial charge is 0.124 e. The van der Waals surface area contributed by atoms with Crippen molar-refractivity contribution in [3.63, 3.8) is 0 Å². The van der Waals surface area contributed by atoms with Crippen molar-refractivity contribution in [1.29, 1.82) is 0 Å². The topological polar surface area (TPSA) is 30.5 Å². The second-order valence-electron chi connectivity index (χ2n) is 4.80. The predicted octanol–water partition coefficient (Wildman–Crippen LogP) is 2.31. The van der Waals surface area contributed by atoms with Crippen molar-refractivity contribution in [3.8, 4) is 5.75 Å². The molecule has 0 amide bonds. The molecule has 1 atom stereocenters. The molecular weight excluding hydrogens is 214 g/mol. The molecule has 0 aliphatic carbocycles. The Balaban J connectivity index is 2.12. The van der Waals surface area contributed by atoms with Gasteiger partial charge in [0, 0.05) is 18.7 Å². The van der Waals surface area contributed by atoms with Gasteiger partial charge in [0.2, 0.25) is 0 Å². The molecule has 1 N–H and O–H groups in total. The summed E-state index contributed by atoms with van der Waals surface area (Å²) in [5.74, 6) is 1.02. The van der Waals surface area contributed by atoms with Crippen LogP contribution in [-0.4, -0.2) is 26.4 Å². The highest BCUT2D eigenvalue weighted by Crippen LogP contribution is 2.33. The van der Waals surface area contributed by atoms with E-state index in [1.165, 1.54) is 11.1 Å². The summed E-state index contributed by atoms with van der Waals surface area (Å²) in [6.07, 6.45) is 0.957. The number of hydrogen-bond donors (Lipinski definition) is 1. The van der Waals surface area contributed by atoms with Crippen molar-refractivity contribution < 1.29 is 9.47 Å². The van der Waals surface area contributed by atoms with Gasteiger partial charge in [0.05, 0.1) is 12.6 Å². The average molecular weight is 235 g/mol. The number of fused-ring (bicyclic) bond motifs is 1. The maximum Gasteiger partial charge on any atom is 0.124 e. The molecule has 3 heteroatoms. The van der Waals surface area contributed by atoms with E-state index in [9.17, 15) is 0 Å². The van der Waals surface area contributed by atoms with Gasteiger partial charge in [-0.2, -0.15) is 0 Å². The van der Waals surface area contributed by atoms with Crippen molar-refractivity contribution in [2.45, 2.75) is 32.4 Å². The molecule has 0 fully saturated rings. The molecular formula is C14H21NO2. The molecule has 1 aromatic carbocycles. The largest absolute Gasteiger partial charge is 0.491 e. The van der Waals surface area contributed by atoms with Crippen LogP contribution in [0.25, 0.3) is 0 Å². The van der Waals surface area contributed by atoms with Gasteiger partial charge in [0.25, 0.3) is 0 Å². The van der Waals surface area contributed by atoms with Crippen LogP contribution in [-0.2, 0) is 11.2 Å². The first-order chi connectivity index (χ1) is 8.20. The van der Waals surface area contributed by atoms with E-state index in [1.807, 2.05) is 0 Å². The van der Waals surface area contributed by atoms with Crippen LogP contribution in [0.4, 0.5) is 0 Å². The van der Waals surface area contributed by atoms with Crippen LogP contribution in [0.15, 0.2) is 18.2 Å². The summed E-state index contributed by atoms with van der Waals surface area (Å²) in [4.78, 5) is 0. The monoisotopic (exact) mass is 235 g/mol. The minimum absolute atomic E-state index is 0.326. The van der Waals surface area contributed by atoms with E-state index < -0.39 is 0 Å². The van der Waals surface area contributed by atoms with Crippen molar-refractivity contribution in [2.24, 2.45) is 0 Å². The first kappa shape index (κ1) is 12.4. The summed E-state index contributed by atoms with van der Waals surface area (Å²) in [7, 11) is 1.74. The third kappa shape index (κ3) is 2.99. The van der Waals surface area contributed by atoms with Crippen LogP contribution in [0.5, 0.6) is 5.75 Å². The molecule has 17 heavy (non-hydrogen) atoms. The quantitative estimate of drug-likeness (QED) is 0.849. The Labute approximate surface area is 103 Å². The number of methoxy groups -OCH3 is 1. The van der Waals surface area contributed by atoms with Crippen molar-refractivity contribution >= 4 is 0 Å². The second kappa shape index (κ2) is 5.52. The SMILES string of the molecule is COCCc1ccc2c(c1)C(NC(C)C)CO2. The fourth-order valence-corrected chi connectivity index (χ4v) is 2.18. The van der Waals surface area contributed by atoms with Crippen LogP contribution in [0.2, 0.25) is 0 Å². The highest BCUT2D eigenvalue weighted by molar-refractivity contribution is 5.42. The lowest BCUT2D eigenvalue weighted by molar-refractivity contribution is 0.202. The van der Waals surface area contributed by atoms with Gasteiger partial charge in [-0.25, -0.2) is 0 Å². The van der Waals surface area contributed by atoms with Gasteiger partial charge in [-0.1, -0.05) is 26.0 Å². The van der Waals surface area contributed by atoms with Gasteiger partial charge in [-0.3, -0.25) is 0 Å². The number of nitrogens with one attached hydrogen (secondary N) is 1. The van der Waals surface area contributed by atoms with Crippen molar-refractivity contribution in [3.05, 3.63) is 29.3 Å². The summed E-state index contributed by atoms with van der Waals surface area (Å²) in [6, 6.07) is 7.23. The van der Waals surface area contributed by atoms with Gasteiger partial charge < -0.3 is 14.8 Å². The van der Waals surface area contributed by atoms with Gasteiger partial charge >= 0.3 is 0 Å². The molecule has 0 bridgehead atoms. The lowest BCUT2D eigenvalue weighted by atomic mass is 10.0. The van der Waals surface area contributed by atoms with Gasteiger partial charge in [0.15, 0.2) is 0 Å². The van der Waals surface area contributed by atoms with Crippen LogP contribution in [0, 0.1) is 0 Å². The van der Waals surface area contributed by atoms with Crippen LogP contribution in [0.1, 0.15) is 31.0 Å². The summed E-state index contributed by atoms with van der Waals surface area (Å²) in [6.45, 7) is 5.82. The fraction of sp³-hybridized carbons (Fsp3) is 0.571. The lowest BCUT2D eigenvalue weighted by Gasteiger charge is -2.15. The Bertz CT molecular complexity index is 376. The number of hydrogen-bond acceptors (Lipinski definition) is 3. The first-order valence-corrected chi connectivity index (χ1v) is 6.21. The minimum Gasteiger partial charge on any atom is -0.491 e. The lowest BCUT2D eigenvalue weighted by Crippen LogP contribution is -2.29. The van der Waals surface area contributed by atoms with E-state index in [-0.39, 0.29) is 0 Å². The predicted molar refractivity (Wildman–Crippen MR) is 68.5 cm³/mol. The molecule has 0 aromatic heterocycles. The zero-order valence-electron chi connectivity index (χ0n) is 10.8. The van der Waals surface area contributed by atoms with Crippen molar-refractivity contribution in [2.75, 3.05) is 20.3 Å². The zero-order chi connectivity index (χ0) is 12.3. The first-order valence-electron chi connectivity index (χ1n) is 6.21. The molecule has 1 unspecified atom stereocenters. The molecule has 1 heterocycles. The molecule has 1 aromatic rings. The maximum atomic E-state index is 5.68. The van der Waals surface area contributed by atoms with Gasteiger partial charge in [0.1, 0.15) is 12.4 Å². The van der Waals surface area contributed by atoms with Crippen molar-refractivity contribution in [1.82, 2.24) is 5.32 Å². The zero-order valence-corrected chi connectivity index (χ0v) is 10.8. The molecule has 0 saturated heterocycles.